The Balaban J connectivity index is 1.72. The molecule has 1 aliphatic heterocycles. The smallest absolute Gasteiger partial charge is 0.261 e. The summed E-state index contributed by atoms with van der Waals surface area (Å²) in [7, 11) is -3.70. The van der Waals surface area contributed by atoms with E-state index in [2.05, 4.69) is 4.72 Å². The van der Waals surface area contributed by atoms with E-state index in [0.29, 0.717) is 30.9 Å². The number of carbonyl (C=O) groups is 1. The van der Waals surface area contributed by atoms with Gasteiger partial charge in [-0.05, 0) is 49.7 Å². The van der Waals surface area contributed by atoms with E-state index < -0.39 is 10.0 Å². The second-order valence-electron chi connectivity index (χ2n) is 6.65. The summed E-state index contributed by atoms with van der Waals surface area (Å²) in [5, 5.41) is 0. The molecule has 0 radical (unpaired) electrons. The first-order chi connectivity index (χ1) is 12.9. The first-order valence-electron chi connectivity index (χ1n) is 8.99. The van der Waals surface area contributed by atoms with Crippen molar-refractivity contribution < 1.29 is 17.9 Å². The van der Waals surface area contributed by atoms with Gasteiger partial charge in [0.2, 0.25) is 0 Å². The molecule has 1 amide bonds. The van der Waals surface area contributed by atoms with Crippen LogP contribution in [-0.2, 0) is 14.8 Å². The molecule has 1 aliphatic rings. The van der Waals surface area contributed by atoms with Crippen LogP contribution in [-0.4, -0.2) is 45.0 Å². The molecule has 0 spiro atoms. The van der Waals surface area contributed by atoms with Crippen molar-refractivity contribution in [3.05, 3.63) is 59.7 Å². The molecule has 27 heavy (non-hydrogen) atoms. The second kappa shape index (κ2) is 8.10. The Morgan fingerprint density at radius 3 is 2.44 bits per heavy atom. The average molecular weight is 388 g/mol. The second-order valence-corrected chi connectivity index (χ2v) is 8.33. The Kier molecular flexibility index (Phi) is 5.82. The van der Waals surface area contributed by atoms with Crippen LogP contribution < -0.4 is 4.72 Å². The number of nitrogens with one attached hydrogen (secondary N) is 1. The normalized spacial score (nSPS) is 17.6. The molecule has 3 rings (SSSR count). The third-order valence-electron chi connectivity index (χ3n) is 4.60. The Hall–Kier alpha value is -2.38. The zero-order valence-electron chi connectivity index (χ0n) is 15.5. The number of hydrogen-bond donors (Lipinski definition) is 1. The van der Waals surface area contributed by atoms with Crippen molar-refractivity contribution in [1.29, 1.82) is 0 Å². The summed E-state index contributed by atoms with van der Waals surface area (Å²) in [6, 6.07) is 13.1. The predicted molar refractivity (Wildman–Crippen MR) is 104 cm³/mol. The zero-order valence-corrected chi connectivity index (χ0v) is 16.3. The molecule has 7 heteroatoms. The lowest BCUT2D eigenvalue weighted by atomic mass is 10.1. The molecule has 1 N–H and O–H groups in total. The first-order valence-corrected chi connectivity index (χ1v) is 10.5. The number of carbonyl (C=O) groups excluding carboxylic acids is 1. The predicted octanol–water partition coefficient (Wildman–Crippen LogP) is 3.05. The SMILES string of the molecule is CCC1CN(C(=O)c2ccc(S(=O)(=O)Nc3ccc(C)cc3)cc2)CCO1. The highest BCUT2D eigenvalue weighted by atomic mass is 32.2. The van der Waals surface area contributed by atoms with Crippen molar-refractivity contribution in [1.82, 2.24) is 4.90 Å². The minimum Gasteiger partial charge on any atom is -0.375 e. The largest absolute Gasteiger partial charge is 0.375 e. The lowest BCUT2D eigenvalue weighted by molar-refractivity contribution is -0.0226. The molecule has 6 nitrogen and oxygen atoms in total. The summed E-state index contributed by atoms with van der Waals surface area (Å²) in [5.74, 6) is -0.104. The van der Waals surface area contributed by atoms with E-state index in [1.165, 1.54) is 12.1 Å². The average Bonchev–Trinajstić information content (AvgIpc) is 2.69. The number of nitrogens with zero attached hydrogens (tertiary/aromatic N) is 1. The van der Waals surface area contributed by atoms with Gasteiger partial charge in [0.25, 0.3) is 15.9 Å². The van der Waals surface area contributed by atoms with E-state index in [1.807, 2.05) is 26.0 Å². The van der Waals surface area contributed by atoms with Crippen molar-refractivity contribution in [2.75, 3.05) is 24.4 Å². The van der Waals surface area contributed by atoms with Crippen LogP contribution in [0.5, 0.6) is 0 Å². The van der Waals surface area contributed by atoms with Gasteiger partial charge in [0.15, 0.2) is 0 Å². The number of benzene rings is 2. The van der Waals surface area contributed by atoms with Gasteiger partial charge in [-0.2, -0.15) is 0 Å². The maximum atomic E-state index is 12.7. The Labute approximate surface area is 160 Å². The van der Waals surface area contributed by atoms with E-state index in [0.717, 1.165) is 12.0 Å². The van der Waals surface area contributed by atoms with Gasteiger partial charge in [-0.25, -0.2) is 8.42 Å². The monoisotopic (exact) mass is 388 g/mol. The molecule has 0 aromatic heterocycles. The fraction of sp³-hybridized carbons (Fsp3) is 0.350. The van der Waals surface area contributed by atoms with Crippen molar-refractivity contribution in [3.63, 3.8) is 0 Å². The fourth-order valence-corrected chi connectivity index (χ4v) is 4.00. The summed E-state index contributed by atoms with van der Waals surface area (Å²) in [6.45, 7) is 5.59. The van der Waals surface area contributed by atoms with Crippen LogP contribution >= 0.6 is 0 Å². The first kappa shape index (κ1) is 19.4. The minimum absolute atomic E-state index is 0.0565. The molecule has 0 aliphatic carbocycles. The fourth-order valence-electron chi connectivity index (χ4n) is 2.95. The summed E-state index contributed by atoms with van der Waals surface area (Å²) in [5.41, 5.74) is 2.02. The van der Waals surface area contributed by atoms with E-state index in [9.17, 15) is 13.2 Å². The molecular formula is C20H24N2O4S. The van der Waals surface area contributed by atoms with E-state index in [4.69, 9.17) is 4.74 Å². The van der Waals surface area contributed by atoms with Gasteiger partial charge < -0.3 is 9.64 Å². The van der Waals surface area contributed by atoms with Crippen LogP contribution in [0, 0.1) is 6.92 Å². The Bertz CT molecular complexity index is 893. The molecule has 1 saturated heterocycles. The Morgan fingerprint density at radius 1 is 1.15 bits per heavy atom. The molecule has 0 saturated carbocycles. The topological polar surface area (TPSA) is 75.7 Å². The molecule has 1 unspecified atom stereocenters. The van der Waals surface area contributed by atoms with Gasteiger partial charge in [0.05, 0.1) is 17.6 Å². The molecule has 1 heterocycles. The van der Waals surface area contributed by atoms with Crippen molar-refractivity contribution in [3.8, 4) is 0 Å². The van der Waals surface area contributed by atoms with Crippen LogP contribution in [0.3, 0.4) is 0 Å². The number of rotatable bonds is 5. The Morgan fingerprint density at radius 2 is 1.81 bits per heavy atom. The molecule has 1 atom stereocenters. The lowest BCUT2D eigenvalue weighted by Gasteiger charge is -2.32. The number of aryl methyl sites for hydroxylation is 1. The maximum absolute atomic E-state index is 12.7. The third kappa shape index (κ3) is 4.67. The van der Waals surface area contributed by atoms with Gasteiger partial charge in [0.1, 0.15) is 0 Å². The summed E-state index contributed by atoms with van der Waals surface area (Å²) < 4.78 is 33.2. The van der Waals surface area contributed by atoms with E-state index >= 15 is 0 Å². The third-order valence-corrected chi connectivity index (χ3v) is 5.99. The van der Waals surface area contributed by atoms with Gasteiger partial charge >= 0.3 is 0 Å². The molecular weight excluding hydrogens is 364 g/mol. The van der Waals surface area contributed by atoms with Gasteiger partial charge in [0, 0.05) is 24.3 Å². The highest BCUT2D eigenvalue weighted by molar-refractivity contribution is 7.92. The van der Waals surface area contributed by atoms with Crippen LogP contribution in [0.1, 0.15) is 29.3 Å². The quantitative estimate of drug-likeness (QED) is 0.854. The summed E-state index contributed by atoms with van der Waals surface area (Å²) >= 11 is 0. The van der Waals surface area contributed by atoms with Crippen molar-refractivity contribution in [2.45, 2.75) is 31.3 Å². The minimum atomic E-state index is -3.70. The highest BCUT2D eigenvalue weighted by Gasteiger charge is 2.24. The van der Waals surface area contributed by atoms with Gasteiger partial charge in [-0.15, -0.1) is 0 Å². The summed E-state index contributed by atoms with van der Waals surface area (Å²) in [6.07, 6.45) is 0.909. The van der Waals surface area contributed by atoms with Crippen LogP contribution in [0.15, 0.2) is 53.4 Å². The molecule has 2 aromatic carbocycles. The number of morpholine rings is 1. The van der Waals surface area contributed by atoms with Crippen LogP contribution in [0.4, 0.5) is 5.69 Å². The maximum Gasteiger partial charge on any atom is 0.261 e. The van der Waals surface area contributed by atoms with Crippen molar-refractivity contribution >= 4 is 21.6 Å². The van der Waals surface area contributed by atoms with Gasteiger partial charge in [-0.1, -0.05) is 24.6 Å². The van der Waals surface area contributed by atoms with E-state index in [1.54, 1.807) is 29.2 Å². The number of ether oxygens (including phenoxy) is 1. The molecule has 0 bridgehead atoms. The standard InChI is InChI=1S/C20H24N2O4S/c1-3-18-14-22(12-13-26-18)20(23)16-6-10-19(11-7-16)27(24,25)21-17-8-4-15(2)5-9-17/h4-11,18,21H,3,12-14H2,1-2H3. The zero-order chi connectivity index (χ0) is 19.4. The van der Waals surface area contributed by atoms with E-state index in [-0.39, 0.29) is 16.9 Å². The highest BCUT2D eigenvalue weighted by Crippen LogP contribution is 2.18. The molecule has 2 aromatic rings. The lowest BCUT2D eigenvalue weighted by Crippen LogP contribution is -2.45. The number of amides is 1. The van der Waals surface area contributed by atoms with Gasteiger partial charge in [-0.3, -0.25) is 9.52 Å². The van der Waals surface area contributed by atoms with Crippen LogP contribution in [0.25, 0.3) is 0 Å². The van der Waals surface area contributed by atoms with Crippen molar-refractivity contribution in [2.24, 2.45) is 0 Å². The number of anilines is 1. The number of sulfonamides is 1. The molecule has 1 fully saturated rings. The molecule has 144 valence electrons. The summed E-state index contributed by atoms with van der Waals surface area (Å²) in [4.78, 5) is 14.5. The van der Waals surface area contributed by atoms with Crippen LogP contribution in [0.2, 0.25) is 0 Å². The number of hydrogen-bond acceptors (Lipinski definition) is 4.